The SMILES string of the molecule is CC1(C2CC2)NC(=O)N(c2ccc(CN=C(N)N3CCOCC3)cc2)C1=O. The number of anilines is 1. The Morgan fingerprint density at radius 2 is 1.93 bits per heavy atom. The number of guanidine groups is 1. The Balaban J connectivity index is 1.43. The van der Waals surface area contributed by atoms with Gasteiger partial charge in [-0.2, -0.15) is 0 Å². The van der Waals surface area contributed by atoms with Gasteiger partial charge in [0, 0.05) is 13.1 Å². The van der Waals surface area contributed by atoms with E-state index in [-0.39, 0.29) is 17.9 Å². The Labute approximate surface area is 158 Å². The number of nitrogens with zero attached hydrogens (tertiary/aromatic N) is 3. The molecule has 1 atom stereocenters. The molecule has 144 valence electrons. The highest BCUT2D eigenvalue weighted by molar-refractivity contribution is 6.23. The van der Waals surface area contributed by atoms with Gasteiger partial charge in [0.15, 0.2) is 5.96 Å². The maximum atomic E-state index is 12.8. The number of aliphatic imine (C=N–C) groups is 1. The van der Waals surface area contributed by atoms with Crippen molar-refractivity contribution in [1.29, 1.82) is 0 Å². The molecule has 1 unspecified atom stereocenters. The van der Waals surface area contributed by atoms with Gasteiger partial charge in [-0.3, -0.25) is 4.79 Å². The Morgan fingerprint density at radius 3 is 2.56 bits per heavy atom. The maximum absolute atomic E-state index is 12.8. The summed E-state index contributed by atoms with van der Waals surface area (Å²) in [6.07, 6.45) is 1.97. The van der Waals surface area contributed by atoms with Crippen LogP contribution in [0.2, 0.25) is 0 Å². The molecule has 0 spiro atoms. The molecule has 8 heteroatoms. The molecule has 1 saturated carbocycles. The van der Waals surface area contributed by atoms with E-state index >= 15 is 0 Å². The van der Waals surface area contributed by atoms with Gasteiger partial charge in [0.2, 0.25) is 0 Å². The molecule has 8 nitrogen and oxygen atoms in total. The van der Waals surface area contributed by atoms with Gasteiger partial charge in [-0.05, 0) is 43.4 Å². The van der Waals surface area contributed by atoms with E-state index in [0.717, 1.165) is 31.5 Å². The molecule has 27 heavy (non-hydrogen) atoms. The molecule has 0 aromatic heterocycles. The van der Waals surface area contributed by atoms with E-state index in [1.165, 1.54) is 4.90 Å². The van der Waals surface area contributed by atoms with Crippen molar-refractivity contribution < 1.29 is 14.3 Å². The summed E-state index contributed by atoms with van der Waals surface area (Å²) in [4.78, 5) is 32.8. The first kappa shape index (κ1) is 17.8. The molecule has 2 aliphatic heterocycles. The fourth-order valence-corrected chi connectivity index (χ4v) is 3.64. The van der Waals surface area contributed by atoms with Crippen LogP contribution in [0.5, 0.6) is 0 Å². The van der Waals surface area contributed by atoms with Crippen LogP contribution < -0.4 is 16.0 Å². The summed E-state index contributed by atoms with van der Waals surface area (Å²) in [7, 11) is 0. The number of nitrogens with two attached hydrogens (primary N) is 1. The summed E-state index contributed by atoms with van der Waals surface area (Å²) in [5.74, 6) is 0.588. The van der Waals surface area contributed by atoms with Crippen molar-refractivity contribution in [2.45, 2.75) is 31.8 Å². The molecule has 0 radical (unpaired) electrons. The van der Waals surface area contributed by atoms with Crippen LogP contribution in [0.1, 0.15) is 25.3 Å². The van der Waals surface area contributed by atoms with Gasteiger partial charge in [-0.25, -0.2) is 14.7 Å². The first-order valence-electron chi connectivity index (χ1n) is 9.37. The van der Waals surface area contributed by atoms with E-state index in [9.17, 15) is 9.59 Å². The molecule has 2 saturated heterocycles. The predicted molar refractivity (Wildman–Crippen MR) is 101 cm³/mol. The molecule has 1 aromatic rings. The lowest BCUT2D eigenvalue weighted by molar-refractivity contribution is -0.122. The molecular weight excluding hydrogens is 346 g/mol. The largest absolute Gasteiger partial charge is 0.378 e. The molecule has 3 aliphatic rings. The van der Waals surface area contributed by atoms with Crippen molar-refractivity contribution in [3.05, 3.63) is 29.8 Å². The lowest BCUT2D eigenvalue weighted by Gasteiger charge is -2.27. The van der Waals surface area contributed by atoms with Gasteiger partial charge in [0.25, 0.3) is 5.91 Å². The third kappa shape index (κ3) is 3.37. The van der Waals surface area contributed by atoms with Gasteiger partial charge in [-0.1, -0.05) is 12.1 Å². The van der Waals surface area contributed by atoms with Crippen LogP contribution in [-0.2, 0) is 16.1 Å². The van der Waals surface area contributed by atoms with E-state index in [1.54, 1.807) is 12.1 Å². The summed E-state index contributed by atoms with van der Waals surface area (Å²) in [6.45, 7) is 5.10. The van der Waals surface area contributed by atoms with E-state index < -0.39 is 5.54 Å². The Kier molecular flexibility index (Phi) is 4.51. The number of urea groups is 1. The van der Waals surface area contributed by atoms with Crippen LogP contribution in [0.3, 0.4) is 0 Å². The third-order valence-corrected chi connectivity index (χ3v) is 5.56. The zero-order valence-corrected chi connectivity index (χ0v) is 15.5. The lowest BCUT2D eigenvalue weighted by Crippen LogP contribution is -2.46. The number of hydrogen-bond donors (Lipinski definition) is 2. The van der Waals surface area contributed by atoms with Crippen LogP contribution in [0.25, 0.3) is 0 Å². The smallest absolute Gasteiger partial charge is 0.329 e. The Hall–Kier alpha value is -2.61. The minimum Gasteiger partial charge on any atom is -0.378 e. The van der Waals surface area contributed by atoms with Crippen molar-refractivity contribution >= 4 is 23.6 Å². The van der Waals surface area contributed by atoms with E-state index in [1.807, 2.05) is 24.0 Å². The van der Waals surface area contributed by atoms with E-state index in [4.69, 9.17) is 10.5 Å². The van der Waals surface area contributed by atoms with Crippen LogP contribution in [0.4, 0.5) is 10.5 Å². The average Bonchev–Trinajstić information content (AvgIpc) is 3.50. The molecule has 3 fully saturated rings. The number of ether oxygens (including phenoxy) is 1. The van der Waals surface area contributed by atoms with Gasteiger partial charge in [0.1, 0.15) is 5.54 Å². The monoisotopic (exact) mass is 371 g/mol. The zero-order valence-electron chi connectivity index (χ0n) is 15.5. The quantitative estimate of drug-likeness (QED) is 0.468. The standard InChI is InChI=1S/C19H25N5O3/c1-19(14-4-5-14)16(25)24(18(26)22-19)15-6-2-13(3-7-15)12-21-17(20)23-8-10-27-11-9-23/h2-3,6-7,14H,4-5,8-12H2,1H3,(H2,20,21)(H,22,26). The highest BCUT2D eigenvalue weighted by Gasteiger charge is 2.56. The van der Waals surface area contributed by atoms with Gasteiger partial charge < -0.3 is 20.7 Å². The molecule has 4 rings (SSSR count). The normalized spacial score (nSPS) is 26.5. The first-order valence-corrected chi connectivity index (χ1v) is 9.37. The molecule has 3 N–H and O–H groups in total. The maximum Gasteiger partial charge on any atom is 0.329 e. The van der Waals surface area contributed by atoms with Crippen LogP contribution in [-0.4, -0.2) is 54.6 Å². The van der Waals surface area contributed by atoms with E-state index in [0.29, 0.717) is 31.4 Å². The predicted octanol–water partition coefficient (Wildman–Crippen LogP) is 1.06. The number of carbonyl (C=O) groups is 2. The fourth-order valence-electron chi connectivity index (χ4n) is 3.64. The van der Waals surface area contributed by atoms with Crippen LogP contribution >= 0.6 is 0 Å². The lowest BCUT2D eigenvalue weighted by atomic mass is 9.96. The summed E-state index contributed by atoms with van der Waals surface area (Å²) in [5, 5.41) is 2.86. The van der Waals surface area contributed by atoms with Gasteiger partial charge in [0.05, 0.1) is 25.4 Å². The summed E-state index contributed by atoms with van der Waals surface area (Å²) >= 11 is 0. The molecule has 3 amide bonds. The molecule has 2 heterocycles. The van der Waals surface area contributed by atoms with Crippen molar-refractivity contribution in [2.75, 3.05) is 31.2 Å². The third-order valence-electron chi connectivity index (χ3n) is 5.56. The number of benzene rings is 1. The highest BCUT2D eigenvalue weighted by atomic mass is 16.5. The number of amides is 3. The topological polar surface area (TPSA) is 100 Å². The first-order chi connectivity index (χ1) is 13.0. The number of nitrogens with one attached hydrogen (secondary N) is 1. The van der Waals surface area contributed by atoms with Crippen LogP contribution in [0.15, 0.2) is 29.3 Å². The second-order valence-corrected chi connectivity index (χ2v) is 7.49. The van der Waals surface area contributed by atoms with Gasteiger partial charge in [-0.15, -0.1) is 0 Å². The highest BCUT2D eigenvalue weighted by Crippen LogP contribution is 2.43. The van der Waals surface area contributed by atoms with Gasteiger partial charge >= 0.3 is 6.03 Å². The summed E-state index contributed by atoms with van der Waals surface area (Å²) in [6, 6.07) is 6.96. The van der Waals surface area contributed by atoms with Crippen molar-refractivity contribution in [3.8, 4) is 0 Å². The molecule has 1 aromatic carbocycles. The second kappa shape index (κ2) is 6.84. The fraction of sp³-hybridized carbons (Fsp3) is 0.526. The Bertz CT molecular complexity index is 768. The van der Waals surface area contributed by atoms with Crippen molar-refractivity contribution in [1.82, 2.24) is 10.2 Å². The average molecular weight is 371 g/mol. The molecular formula is C19H25N5O3. The minimum atomic E-state index is -0.771. The number of imide groups is 1. The second-order valence-electron chi connectivity index (χ2n) is 7.49. The van der Waals surface area contributed by atoms with Crippen LogP contribution in [0, 0.1) is 5.92 Å². The number of hydrogen-bond acceptors (Lipinski definition) is 4. The molecule has 1 aliphatic carbocycles. The summed E-state index contributed by atoms with van der Waals surface area (Å²) in [5.41, 5.74) is 6.81. The number of carbonyl (C=O) groups excluding carboxylic acids is 2. The Morgan fingerprint density at radius 1 is 1.26 bits per heavy atom. The molecule has 0 bridgehead atoms. The minimum absolute atomic E-state index is 0.169. The number of rotatable bonds is 4. The van der Waals surface area contributed by atoms with Crippen molar-refractivity contribution in [2.24, 2.45) is 16.6 Å². The summed E-state index contributed by atoms with van der Waals surface area (Å²) < 4.78 is 5.31. The van der Waals surface area contributed by atoms with Crippen molar-refractivity contribution in [3.63, 3.8) is 0 Å². The van der Waals surface area contributed by atoms with E-state index in [2.05, 4.69) is 10.3 Å². The number of morpholine rings is 1. The zero-order chi connectivity index (χ0) is 19.0.